The number of allylic oxidation sites excluding steroid dienone is 1. The Morgan fingerprint density at radius 3 is 2.00 bits per heavy atom. The van der Waals surface area contributed by atoms with E-state index in [4.69, 9.17) is 19.9 Å². The van der Waals surface area contributed by atoms with Gasteiger partial charge in [-0.05, 0) is 17.7 Å². The molecule has 1 aliphatic heterocycles. The van der Waals surface area contributed by atoms with Crippen LogP contribution in [0.5, 0.6) is 11.5 Å². The van der Waals surface area contributed by atoms with Gasteiger partial charge < -0.3 is 19.9 Å². The molecule has 0 fully saturated rings. The number of methoxy groups -OCH3 is 2. The SMILES string of the molecule is COC(=O)C1=C(C(=O)OC)N(c2cccc(Oc3c(F)c(F)c(F)c(F)c3F)c2)C(N)=C(C#N)C1c1ccccc1. The second-order valence-electron chi connectivity index (χ2n) is 8.33. The second kappa shape index (κ2) is 11.4. The van der Waals surface area contributed by atoms with Crippen molar-refractivity contribution in [2.75, 3.05) is 19.1 Å². The molecule has 0 aliphatic carbocycles. The molecular weight excluding hydrogens is 553 g/mol. The Bertz CT molecular complexity index is 1640. The zero-order chi connectivity index (χ0) is 30.0. The Kier molecular flexibility index (Phi) is 7.95. The first-order chi connectivity index (χ1) is 19.6. The van der Waals surface area contributed by atoms with E-state index in [1.807, 2.05) is 6.07 Å². The van der Waals surface area contributed by atoms with Crippen molar-refractivity contribution in [1.82, 2.24) is 0 Å². The van der Waals surface area contributed by atoms with Crippen LogP contribution in [0.25, 0.3) is 0 Å². The molecule has 0 amide bonds. The zero-order valence-corrected chi connectivity index (χ0v) is 21.2. The summed E-state index contributed by atoms with van der Waals surface area (Å²) in [4.78, 5) is 27.2. The van der Waals surface area contributed by atoms with Gasteiger partial charge in [0.15, 0.2) is 0 Å². The Morgan fingerprint density at radius 2 is 1.44 bits per heavy atom. The van der Waals surface area contributed by atoms with Gasteiger partial charge in [-0.15, -0.1) is 0 Å². The van der Waals surface area contributed by atoms with E-state index in [1.165, 1.54) is 12.1 Å². The summed E-state index contributed by atoms with van der Waals surface area (Å²) in [6.45, 7) is 0. The number of anilines is 1. The van der Waals surface area contributed by atoms with Gasteiger partial charge in [-0.25, -0.2) is 22.8 Å². The van der Waals surface area contributed by atoms with Crippen molar-refractivity contribution in [3.8, 4) is 17.6 Å². The van der Waals surface area contributed by atoms with Crippen LogP contribution in [0.1, 0.15) is 11.5 Å². The minimum absolute atomic E-state index is 0.107. The number of halogens is 5. The topological polar surface area (TPSA) is 115 Å². The van der Waals surface area contributed by atoms with Crippen molar-refractivity contribution in [2.45, 2.75) is 5.92 Å². The van der Waals surface area contributed by atoms with Gasteiger partial charge in [0, 0.05) is 6.07 Å². The lowest BCUT2D eigenvalue weighted by Crippen LogP contribution is -2.40. The van der Waals surface area contributed by atoms with Gasteiger partial charge in [0.05, 0.1) is 43.0 Å². The molecule has 0 saturated heterocycles. The van der Waals surface area contributed by atoms with E-state index in [1.54, 1.807) is 30.3 Å². The first-order valence-corrected chi connectivity index (χ1v) is 11.5. The van der Waals surface area contributed by atoms with Gasteiger partial charge in [0.25, 0.3) is 0 Å². The molecule has 1 unspecified atom stereocenters. The minimum Gasteiger partial charge on any atom is -0.466 e. The van der Waals surface area contributed by atoms with Crippen LogP contribution < -0.4 is 15.4 Å². The normalized spacial score (nSPS) is 15.0. The molecule has 2 N–H and O–H groups in total. The predicted octanol–water partition coefficient (Wildman–Crippen LogP) is 5.07. The molecule has 8 nitrogen and oxygen atoms in total. The third-order valence-electron chi connectivity index (χ3n) is 6.08. The highest BCUT2D eigenvalue weighted by molar-refractivity contribution is 6.06. The lowest BCUT2D eigenvalue weighted by atomic mass is 9.81. The standard InChI is InChI=1S/C28H18F5N3O5/c1-39-27(37)18-17(13-7-4-3-5-8-13)16(12-34)26(35)36(24(18)28(38)40-2)14-9-6-10-15(11-14)41-25-22(32)20(30)19(29)21(31)23(25)33/h3-11,17H,35H2,1-2H3. The van der Waals surface area contributed by atoms with Crippen molar-refractivity contribution in [2.24, 2.45) is 5.73 Å². The fourth-order valence-corrected chi connectivity index (χ4v) is 4.26. The highest BCUT2D eigenvalue weighted by Gasteiger charge is 2.43. The van der Waals surface area contributed by atoms with E-state index in [9.17, 15) is 36.8 Å². The van der Waals surface area contributed by atoms with Crippen LogP contribution in [0.4, 0.5) is 27.6 Å². The Balaban J connectivity index is 1.95. The third-order valence-corrected chi connectivity index (χ3v) is 6.08. The van der Waals surface area contributed by atoms with Crippen LogP contribution >= 0.6 is 0 Å². The maximum absolute atomic E-state index is 14.3. The number of nitrogens with two attached hydrogens (primary N) is 1. The first-order valence-electron chi connectivity index (χ1n) is 11.5. The Labute approximate surface area is 229 Å². The van der Waals surface area contributed by atoms with Gasteiger partial charge >= 0.3 is 11.9 Å². The highest BCUT2D eigenvalue weighted by atomic mass is 19.2. The molecule has 0 radical (unpaired) electrons. The number of hydrogen-bond donors (Lipinski definition) is 1. The molecule has 3 aromatic rings. The number of ether oxygens (including phenoxy) is 3. The molecule has 3 aromatic carbocycles. The van der Waals surface area contributed by atoms with Gasteiger partial charge in [-0.1, -0.05) is 36.4 Å². The largest absolute Gasteiger partial charge is 0.466 e. The number of benzene rings is 3. The van der Waals surface area contributed by atoms with Crippen LogP contribution in [0.3, 0.4) is 0 Å². The quantitative estimate of drug-likeness (QED) is 0.189. The van der Waals surface area contributed by atoms with Crippen LogP contribution in [-0.2, 0) is 19.1 Å². The van der Waals surface area contributed by atoms with E-state index in [-0.39, 0.29) is 22.7 Å². The maximum atomic E-state index is 14.3. The van der Waals surface area contributed by atoms with E-state index in [0.29, 0.717) is 5.56 Å². The number of carbonyl (C=O) groups is 2. The third kappa shape index (κ3) is 4.91. The summed E-state index contributed by atoms with van der Waals surface area (Å²) < 4.78 is 84.3. The van der Waals surface area contributed by atoms with Crippen LogP contribution in [0.2, 0.25) is 0 Å². The van der Waals surface area contributed by atoms with Crippen molar-refractivity contribution in [1.29, 1.82) is 5.26 Å². The lowest BCUT2D eigenvalue weighted by molar-refractivity contribution is -0.139. The highest BCUT2D eigenvalue weighted by Crippen LogP contribution is 2.44. The van der Waals surface area contributed by atoms with Crippen LogP contribution in [0, 0.1) is 40.4 Å². The fraction of sp³-hybridized carbons (Fsp3) is 0.107. The van der Waals surface area contributed by atoms with E-state index >= 15 is 0 Å². The molecule has 1 heterocycles. The molecule has 4 rings (SSSR count). The first kappa shape index (κ1) is 28.6. The molecular formula is C28H18F5N3O5. The summed E-state index contributed by atoms with van der Waals surface area (Å²) in [7, 11) is 2.09. The number of nitriles is 1. The average Bonchev–Trinajstić information content (AvgIpc) is 3.00. The zero-order valence-electron chi connectivity index (χ0n) is 21.2. The van der Waals surface area contributed by atoms with Crippen molar-refractivity contribution in [3.63, 3.8) is 0 Å². The van der Waals surface area contributed by atoms with E-state index < -0.39 is 64.1 Å². The minimum atomic E-state index is -2.37. The lowest BCUT2D eigenvalue weighted by Gasteiger charge is -2.36. The summed E-state index contributed by atoms with van der Waals surface area (Å²) in [5.41, 5.74) is 5.73. The smallest absolute Gasteiger partial charge is 0.355 e. The van der Waals surface area contributed by atoms with Crippen molar-refractivity contribution < 1.29 is 45.8 Å². The molecule has 41 heavy (non-hydrogen) atoms. The van der Waals surface area contributed by atoms with E-state index in [2.05, 4.69) is 0 Å². The summed E-state index contributed by atoms with van der Waals surface area (Å²) in [6.07, 6.45) is 0. The summed E-state index contributed by atoms with van der Waals surface area (Å²) in [5.74, 6) is -16.8. The Hall–Kier alpha value is -5.38. The Morgan fingerprint density at radius 1 is 0.854 bits per heavy atom. The number of esters is 2. The number of nitrogens with zero attached hydrogens (tertiary/aromatic N) is 2. The predicted molar refractivity (Wildman–Crippen MR) is 132 cm³/mol. The molecule has 0 saturated carbocycles. The van der Waals surface area contributed by atoms with Gasteiger partial charge in [-0.3, -0.25) is 4.90 Å². The summed E-state index contributed by atoms with van der Waals surface area (Å²) in [5, 5.41) is 10.1. The fourth-order valence-electron chi connectivity index (χ4n) is 4.26. The molecule has 0 aromatic heterocycles. The van der Waals surface area contributed by atoms with Crippen molar-refractivity contribution in [3.05, 3.63) is 112 Å². The molecule has 1 aliphatic rings. The molecule has 13 heteroatoms. The maximum Gasteiger partial charge on any atom is 0.355 e. The number of rotatable bonds is 6. The van der Waals surface area contributed by atoms with Crippen LogP contribution in [0.15, 0.2) is 77.3 Å². The average molecular weight is 571 g/mol. The van der Waals surface area contributed by atoms with Crippen LogP contribution in [-0.4, -0.2) is 26.2 Å². The monoisotopic (exact) mass is 571 g/mol. The number of hydrogen-bond acceptors (Lipinski definition) is 8. The molecule has 0 bridgehead atoms. The van der Waals surface area contributed by atoms with Gasteiger partial charge in [-0.2, -0.15) is 14.0 Å². The summed E-state index contributed by atoms with van der Waals surface area (Å²) in [6, 6.07) is 14.8. The van der Waals surface area contributed by atoms with Gasteiger partial charge in [0.1, 0.15) is 17.3 Å². The second-order valence-corrected chi connectivity index (χ2v) is 8.33. The van der Waals surface area contributed by atoms with E-state index in [0.717, 1.165) is 31.3 Å². The molecule has 0 spiro atoms. The number of carbonyl (C=O) groups excluding carboxylic acids is 2. The van der Waals surface area contributed by atoms with Crippen molar-refractivity contribution >= 4 is 17.6 Å². The van der Waals surface area contributed by atoms with Gasteiger partial charge in [0.2, 0.25) is 34.8 Å². The molecule has 210 valence electrons. The summed E-state index contributed by atoms with van der Waals surface area (Å²) >= 11 is 0. The molecule has 1 atom stereocenters.